The molecule has 0 saturated carbocycles. The van der Waals surface area contributed by atoms with Gasteiger partial charge < -0.3 is 46.1 Å². The molecular formula is C77H109N9O15. The molecule has 0 aliphatic carbocycles. The van der Waals surface area contributed by atoms with Gasteiger partial charge in [0.05, 0.1) is 58.6 Å². The van der Waals surface area contributed by atoms with Crippen LogP contribution in [0.1, 0.15) is 143 Å². The standard InChI is InChI=1S/C77H109N9O15/c1-13-54(3)71(82-72(95)55(4)47-61-31-29-53(2)30-32-61)75(98)80-65(33-35-69(93)83-77(62-23-17-14-18-24-62,63-25-19-15-20-26-63)64-27-21-16-22-28-64)74(97)81-66(48-56(5)87)73(96)79-38-44-100-46-45-99-43-37-78-68(92)36-34-67(60(9)91)86(41-39-84(49-57(6)88)50-58(7)89)42-40-85(51-59(8)90)52-70(94)101-76(10,11)12/h14-32,54-55,65-67,71H,13,33-52H2,1-12H3,(H,78,92)(H,79,96)(H,80,98)(H,81,97)(H,82,95)(H,83,93)/t54?,55-,65-,66-,67-,71-/m0/s1. The SMILES string of the molecule is CCC(C)[C@H](NC(=O)[C@@H](C)Cc1ccc(C)cc1)C(=O)N[C@@H](CCC(=O)NC(c1ccccc1)(c1ccccc1)c1ccccc1)C(=O)N[C@@H](CC(C)=O)C(=O)NCCOCCOCCNC(=O)CC[C@@H](C(C)=O)N(CCN(CC(C)=O)CC(C)=O)CCN(CC(C)=O)CC(=O)OC(C)(C)C. The fourth-order valence-electron chi connectivity index (χ4n) is 11.6. The zero-order valence-corrected chi connectivity index (χ0v) is 61.2. The van der Waals surface area contributed by atoms with E-state index in [2.05, 4.69) is 31.9 Å². The highest BCUT2D eigenvalue weighted by Gasteiger charge is 2.39. The van der Waals surface area contributed by atoms with Crippen LogP contribution >= 0.6 is 0 Å². The molecule has 0 aliphatic rings. The van der Waals surface area contributed by atoms with E-state index in [1.165, 1.54) is 34.6 Å². The maximum absolute atomic E-state index is 14.7. The lowest BCUT2D eigenvalue weighted by atomic mass is 9.77. The Balaban J connectivity index is 1.40. The molecule has 0 heterocycles. The second-order valence-electron chi connectivity index (χ2n) is 27.1. The summed E-state index contributed by atoms with van der Waals surface area (Å²) in [4.78, 5) is 165. The molecular weight excluding hydrogens is 1290 g/mol. The van der Waals surface area contributed by atoms with Crippen LogP contribution in [-0.2, 0) is 83.7 Å². The predicted octanol–water partition coefficient (Wildman–Crippen LogP) is 5.56. The summed E-state index contributed by atoms with van der Waals surface area (Å²) in [6, 6.07) is 31.5. The predicted molar refractivity (Wildman–Crippen MR) is 385 cm³/mol. The molecule has 552 valence electrons. The largest absolute Gasteiger partial charge is 0.459 e. The third kappa shape index (κ3) is 31.4. The van der Waals surface area contributed by atoms with Crippen molar-refractivity contribution in [3.8, 4) is 0 Å². The number of rotatable bonds is 48. The lowest BCUT2D eigenvalue weighted by Gasteiger charge is -2.37. The van der Waals surface area contributed by atoms with Crippen molar-refractivity contribution in [2.75, 3.05) is 91.9 Å². The minimum absolute atomic E-state index is 0.00147. The molecule has 4 aromatic carbocycles. The number of carbonyl (C=O) groups excluding carboxylic acids is 12. The Kier molecular flexibility index (Phi) is 36.8. The minimum Gasteiger partial charge on any atom is -0.459 e. The molecule has 4 aromatic rings. The van der Waals surface area contributed by atoms with Crippen LogP contribution in [0.25, 0.3) is 0 Å². The maximum atomic E-state index is 14.7. The Morgan fingerprint density at radius 2 is 0.970 bits per heavy atom. The molecule has 6 amide bonds. The van der Waals surface area contributed by atoms with Gasteiger partial charge in [-0.25, -0.2) is 0 Å². The van der Waals surface area contributed by atoms with E-state index in [9.17, 15) is 57.5 Å². The van der Waals surface area contributed by atoms with Crippen LogP contribution in [-0.4, -0.2) is 207 Å². The zero-order valence-electron chi connectivity index (χ0n) is 61.2. The Hall–Kier alpha value is -8.68. The van der Waals surface area contributed by atoms with Gasteiger partial charge in [-0.2, -0.15) is 0 Å². The van der Waals surface area contributed by atoms with Gasteiger partial charge in [0.1, 0.15) is 58.2 Å². The molecule has 0 aliphatic heterocycles. The second kappa shape index (κ2) is 43.9. The molecule has 0 radical (unpaired) electrons. The number of aryl methyl sites for hydroxylation is 1. The highest BCUT2D eigenvalue weighted by atomic mass is 16.6. The summed E-state index contributed by atoms with van der Waals surface area (Å²) in [7, 11) is 0. The van der Waals surface area contributed by atoms with Crippen LogP contribution in [0.2, 0.25) is 0 Å². The second-order valence-corrected chi connectivity index (χ2v) is 27.1. The molecule has 101 heavy (non-hydrogen) atoms. The van der Waals surface area contributed by atoms with E-state index in [-0.39, 0.29) is 153 Å². The number of carbonyl (C=O) groups is 12. The molecule has 24 heteroatoms. The van der Waals surface area contributed by atoms with Gasteiger partial charge in [0.2, 0.25) is 35.4 Å². The van der Waals surface area contributed by atoms with Gasteiger partial charge in [-0.05, 0) is 110 Å². The van der Waals surface area contributed by atoms with Crippen molar-refractivity contribution < 1.29 is 71.7 Å². The number of nitrogens with zero attached hydrogens (tertiary/aromatic N) is 3. The molecule has 24 nitrogen and oxygen atoms in total. The highest BCUT2D eigenvalue weighted by molar-refractivity contribution is 5.96. The number of ketones is 5. The molecule has 0 bridgehead atoms. The van der Waals surface area contributed by atoms with E-state index in [1.807, 2.05) is 141 Å². The number of hydrogen-bond acceptors (Lipinski definition) is 18. The summed E-state index contributed by atoms with van der Waals surface area (Å²) in [6.45, 7) is 20.6. The van der Waals surface area contributed by atoms with E-state index in [1.54, 1.807) is 37.5 Å². The number of hydrogen-bond donors (Lipinski definition) is 6. The number of ether oxygens (including phenoxy) is 3. The Bertz CT molecular complexity index is 3220. The molecule has 6 atom stereocenters. The van der Waals surface area contributed by atoms with Crippen molar-refractivity contribution in [3.05, 3.63) is 143 Å². The molecule has 4 rings (SSSR count). The topological polar surface area (TPSA) is 314 Å². The average molecular weight is 1400 g/mol. The summed E-state index contributed by atoms with van der Waals surface area (Å²) in [5.74, 6) is -6.04. The zero-order chi connectivity index (χ0) is 74.7. The fraction of sp³-hybridized carbons (Fsp3) is 0.532. The van der Waals surface area contributed by atoms with Crippen molar-refractivity contribution in [1.29, 1.82) is 0 Å². The third-order valence-electron chi connectivity index (χ3n) is 16.8. The normalized spacial score (nSPS) is 13.4. The van der Waals surface area contributed by atoms with Crippen LogP contribution in [0.15, 0.2) is 115 Å². The smallest absolute Gasteiger partial charge is 0.320 e. The van der Waals surface area contributed by atoms with E-state index in [0.717, 1.165) is 27.8 Å². The lowest BCUT2D eigenvalue weighted by molar-refractivity contribution is -0.156. The Morgan fingerprint density at radius 1 is 0.495 bits per heavy atom. The number of benzene rings is 4. The lowest BCUT2D eigenvalue weighted by Crippen LogP contribution is -2.58. The molecule has 6 N–H and O–H groups in total. The molecule has 0 saturated heterocycles. The van der Waals surface area contributed by atoms with Crippen molar-refractivity contribution in [2.45, 2.75) is 163 Å². The first-order chi connectivity index (χ1) is 47.9. The van der Waals surface area contributed by atoms with E-state index in [4.69, 9.17) is 14.2 Å². The van der Waals surface area contributed by atoms with Crippen LogP contribution < -0.4 is 31.9 Å². The van der Waals surface area contributed by atoms with Crippen LogP contribution in [0.4, 0.5) is 0 Å². The highest BCUT2D eigenvalue weighted by Crippen LogP contribution is 2.37. The first-order valence-electron chi connectivity index (χ1n) is 34.9. The van der Waals surface area contributed by atoms with Gasteiger partial charge in [0.15, 0.2) is 0 Å². The maximum Gasteiger partial charge on any atom is 0.320 e. The minimum atomic E-state index is -1.45. The average Bonchev–Trinajstić information content (AvgIpc) is 0.759. The van der Waals surface area contributed by atoms with Crippen molar-refractivity contribution >= 4 is 70.3 Å². The first-order valence-corrected chi connectivity index (χ1v) is 34.9. The number of esters is 1. The van der Waals surface area contributed by atoms with Gasteiger partial charge in [-0.1, -0.05) is 148 Å². The van der Waals surface area contributed by atoms with Gasteiger partial charge >= 0.3 is 5.97 Å². The molecule has 1 unspecified atom stereocenters. The van der Waals surface area contributed by atoms with E-state index in [0.29, 0.717) is 12.8 Å². The number of Topliss-reactive ketones (excluding diaryl/α,β-unsaturated/α-hetero) is 5. The fourth-order valence-corrected chi connectivity index (χ4v) is 11.6. The number of amides is 6. The van der Waals surface area contributed by atoms with E-state index < -0.39 is 88.9 Å². The monoisotopic (exact) mass is 1400 g/mol. The van der Waals surface area contributed by atoms with Crippen LogP contribution in [0.5, 0.6) is 0 Å². The Morgan fingerprint density at radius 3 is 1.44 bits per heavy atom. The van der Waals surface area contributed by atoms with Crippen LogP contribution in [0, 0.1) is 18.8 Å². The van der Waals surface area contributed by atoms with Crippen LogP contribution in [0.3, 0.4) is 0 Å². The summed E-state index contributed by atoms with van der Waals surface area (Å²) < 4.78 is 16.9. The summed E-state index contributed by atoms with van der Waals surface area (Å²) in [5.41, 5.74) is 2.34. The molecule has 0 spiro atoms. The van der Waals surface area contributed by atoms with Gasteiger partial charge in [-0.15, -0.1) is 0 Å². The van der Waals surface area contributed by atoms with Crippen molar-refractivity contribution in [1.82, 2.24) is 46.6 Å². The molecule has 0 fully saturated rings. The third-order valence-corrected chi connectivity index (χ3v) is 16.8. The van der Waals surface area contributed by atoms with Crippen molar-refractivity contribution in [3.63, 3.8) is 0 Å². The van der Waals surface area contributed by atoms with Gasteiger partial charge in [0.25, 0.3) is 0 Å². The van der Waals surface area contributed by atoms with E-state index >= 15 is 0 Å². The van der Waals surface area contributed by atoms with Crippen molar-refractivity contribution in [2.24, 2.45) is 11.8 Å². The molecule has 0 aromatic heterocycles. The van der Waals surface area contributed by atoms with Gasteiger partial charge in [0, 0.05) is 64.4 Å². The summed E-state index contributed by atoms with van der Waals surface area (Å²) >= 11 is 0. The van der Waals surface area contributed by atoms with Gasteiger partial charge in [-0.3, -0.25) is 72.2 Å². The first kappa shape index (κ1) is 84.7. The summed E-state index contributed by atoms with van der Waals surface area (Å²) in [6.07, 6.45) is -0.0152. The number of nitrogens with one attached hydrogen (secondary N) is 6. The quantitative estimate of drug-likeness (QED) is 0.0179. The Labute approximate surface area is 596 Å². The summed E-state index contributed by atoms with van der Waals surface area (Å²) in [5, 5.41) is 17.2.